The van der Waals surface area contributed by atoms with Crippen molar-refractivity contribution in [2.24, 2.45) is 0 Å². The van der Waals surface area contributed by atoms with Gasteiger partial charge in [0.15, 0.2) is 0 Å². The van der Waals surface area contributed by atoms with Crippen molar-refractivity contribution in [1.82, 2.24) is 0 Å². The first-order valence-corrected chi connectivity index (χ1v) is 6.67. The van der Waals surface area contributed by atoms with Crippen molar-refractivity contribution in [3.63, 3.8) is 0 Å². The third-order valence-electron chi connectivity index (χ3n) is 2.57. The van der Waals surface area contributed by atoms with Gasteiger partial charge in [-0.2, -0.15) is 0 Å². The van der Waals surface area contributed by atoms with E-state index in [1.165, 1.54) is 51.4 Å². The molecule has 0 atom stereocenters. The van der Waals surface area contributed by atoms with Gasteiger partial charge in [-0.1, -0.05) is 82.4 Å². The highest BCUT2D eigenvalue weighted by Gasteiger charge is 1.89. The van der Waals surface area contributed by atoms with Crippen LogP contribution in [0.4, 0.5) is 0 Å². The molecule has 0 aromatic carbocycles. The smallest absolute Gasteiger partial charge is 0.00922 e. The summed E-state index contributed by atoms with van der Waals surface area (Å²) in [7, 11) is 0. The summed E-state index contributed by atoms with van der Waals surface area (Å²) in [5.41, 5.74) is 0. The Morgan fingerprint density at radius 3 is 2.19 bits per heavy atom. The Bertz CT molecular complexity index is 224. The van der Waals surface area contributed by atoms with E-state index >= 15 is 0 Å². The van der Waals surface area contributed by atoms with E-state index < -0.39 is 0 Å². The summed E-state index contributed by atoms with van der Waals surface area (Å²) < 4.78 is 0. The van der Waals surface area contributed by atoms with Gasteiger partial charge in [0.25, 0.3) is 0 Å². The molecule has 0 heterocycles. The molecule has 0 saturated carbocycles. The molecule has 0 aromatic heterocycles. The van der Waals surface area contributed by atoms with E-state index in [1.807, 2.05) is 12.2 Å². The van der Waals surface area contributed by atoms with Crippen molar-refractivity contribution < 1.29 is 0 Å². The van der Waals surface area contributed by atoms with E-state index in [0.717, 1.165) is 6.42 Å². The van der Waals surface area contributed by atoms with Crippen LogP contribution in [0.5, 0.6) is 0 Å². The van der Waals surface area contributed by atoms with Gasteiger partial charge in [0, 0.05) is 6.42 Å². The fourth-order valence-electron chi connectivity index (χ4n) is 1.59. The highest BCUT2D eigenvalue weighted by Crippen LogP contribution is 2.08. The van der Waals surface area contributed by atoms with Crippen LogP contribution in [0.1, 0.15) is 64.7 Å². The van der Waals surface area contributed by atoms with Crippen LogP contribution in [0.2, 0.25) is 0 Å². The molecule has 16 heavy (non-hydrogen) atoms. The van der Waals surface area contributed by atoms with Crippen LogP contribution in [-0.4, -0.2) is 0 Å². The molecule has 0 saturated heterocycles. The molecule has 0 radical (unpaired) electrons. The molecule has 0 heteroatoms. The molecule has 0 nitrogen and oxygen atoms in total. The highest BCUT2D eigenvalue weighted by molar-refractivity contribution is 5.18. The van der Waals surface area contributed by atoms with Crippen molar-refractivity contribution in [2.45, 2.75) is 64.7 Å². The number of rotatable bonds is 9. The van der Waals surface area contributed by atoms with Crippen molar-refractivity contribution in [1.29, 1.82) is 0 Å². The molecule has 0 spiro atoms. The molecular weight excluding hydrogens is 192 g/mol. The minimum Gasteiger partial charge on any atom is -0.0990 e. The fourth-order valence-corrected chi connectivity index (χ4v) is 1.59. The Kier molecular flexibility index (Phi) is 13.2. The zero-order valence-corrected chi connectivity index (χ0v) is 10.8. The van der Waals surface area contributed by atoms with E-state index in [9.17, 15) is 0 Å². The average Bonchev–Trinajstić information content (AvgIpc) is 2.31. The van der Waals surface area contributed by atoms with Gasteiger partial charge in [0.2, 0.25) is 0 Å². The summed E-state index contributed by atoms with van der Waals surface area (Å²) in [5, 5.41) is 0. The summed E-state index contributed by atoms with van der Waals surface area (Å²) in [6, 6.07) is 0. The number of unbranched alkanes of at least 4 members (excludes halogenated alkanes) is 8. The standard InChI is InChI=1S/C16H26/c1-3-5-7-9-11-13-15-16-14-12-10-8-6-4-2/h3,5,7H,1,4,6,8,10,12-16H2,2H3. The first-order chi connectivity index (χ1) is 7.91. The molecule has 0 amide bonds. The van der Waals surface area contributed by atoms with Gasteiger partial charge in [-0.3, -0.25) is 0 Å². The maximum absolute atomic E-state index is 3.59. The molecule has 0 aromatic rings. The molecular formula is C16H26. The van der Waals surface area contributed by atoms with E-state index in [-0.39, 0.29) is 0 Å². The summed E-state index contributed by atoms with van der Waals surface area (Å²) in [6.07, 6.45) is 17.5. The Labute approximate surface area is 102 Å². The molecule has 0 aliphatic rings. The van der Waals surface area contributed by atoms with Crippen molar-refractivity contribution in [2.75, 3.05) is 0 Å². The summed E-state index contributed by atoms with van der Waals surface area (Å²) in [6.45, 7) is 5.86. The first-order valence-electron chi connectivity index (χ1n) is 6.67. The van der Waals surface area contributed by atoms with Gasteiger partial charge in [-0.15, -0.1) is 0 Å². The predicted octanol–water partition coefficient (Wildman–Crippen LogP) is 5.26. The zero-order chi connectivity index (χ0) is 11.9. The van der Waals surface area contributed by atoms with E-state index in [0.29, 0.717) is 0 Å². The lowest BCUT2D eigenvalue weighted by atomic mass is 10.1. The molecule has 0 bridgehead atoms. The van der Waals surface area contributed by atoms with Gasteiger partial charge in [-0.05, 0) is 12.5 Å². The summed E-state index contributed by atoms with van der Waals surface area (Å²) >= 11 is 0. The van der Waals surface area contributed by atoms with Crippen LogP contribution >= 0.6 is 0 Å². The lowest BCUT2D eigenvalue weighted by Crippen LogP contribution is -1.79. The van der Waals surface area contributed by atoms with E-state index in [2.05, 4.69) is 25.3 Å². The van der Waals surface area contributed by atoms with Gasteiger partial charge in [0.1, 0.15) is 0 Å². The van der Waals surface area contributed by atoms with Crippen molar-refractivity contribution in [3.8, 4) is 11.8 Å². The molecule has 0 fully saturated rings. The van der Waals surface area contributed by atoms with Crippen molar-refractivity contribution >= 4 is 0 Å². The van der Waals surface area contributed by atoms with E-state index in [1.54, 1.807) is 6.08 Å². The Hall–Kier alpha value is -0.960. The quantitative estimate of drug-likeness (QED) is 0.281. The monoisotopic (exact) mass is 218 g/mol. The van der Waals surface area contributed by atoms with Gasteiger partial charge in [0.05, 0.1) is 0 Å². The SMILES string of the molecule is C=CC=CC#CCCCCCCCCCC. The second kappa shape index (κ2) is 14.0. The zero-order valence-electron chi connectivity index (χ0n) is 10.8. The van der Waals surface area contributed by atoms with Crippen LogP contribution in [0.15, 0.2) is 24.8 Å². The Morgan fingerprint density at radius 2 is 1.56 bits per heavy atom. The third-order valence-corrected chi connectivity index (χ3v) is 2.57. The molecule has 90 valence electrons. The summed E-state index contributed by atoms with van der Waals surface area (Å²) in [5.74, 6) is 6.15. The normalized spacial score (nSPS) is 10.1. The number of hydrogen-bond acceptors (Lipinski definition) is 0. The Balaban J connectivity index is 3.11. The maximum Gasteiger partial charge on any atom is 0.00922 e. The van der Waals surface area contributed by atoms with Crippen LogP contribution in [-0.2, 0) is 0 Å². The van der Waals surface area contributed by atoms with Gasteiger partial charge >= 0.3 is 0 Å². The lowest BCUT2D eigenvalue weighted by molar-refractivity contribution is 0.579. The lowest BCUT2D eigenvalue weighted by Gasteiger charge is -1.98. The van der Waals surface area contributed by atoms with Crippen LogP contribution in [0.25, 0.3) is 0 Å². The topological polar surface area (TPSA) is 0 Å². The minimum atomic E-state index is 1.04. The van der Waals surface area contributed by atoms with Gasteiger partial charge < -0.3 is 0 Å². The molecule has 0 aliphatic carbocycles. The second-order valence-electron chi connectivity index (χ2n) is 4.14. The highest BCUT2D eigenvalue weighted by atomic mass is 14.0. The van der Waals surface area contributed by atoms with Crippen molar-refractivity contribution in [3.05, 3.63) is 24.8 Å². The molecule has 0 rings (SSSR count). The summed E-state index contributed by atoms with van der Waals surface area (Å²) in [4.78, 5) is 0. The molecule has 0 unspecified atom stereocenters. The second-order valence-corrected chi connectivity index (χ2v) is 4.14. The van der Waals surface area contributed by atoms with Crippen LogP contribution in [0.3, 0.4) is 0 Å². The first kappa shape index (κ1) is 15.0. The number of hydrogen-bond donors (Lipinski definition) is 0. The minimum absolute atomic E-state index is 1.04. The fraction of sp³-hybridized carbons (Fsp3) is 0.625. The third kappa shape index (κ3) is 13.0. The van der Waals surface area contributed by atoms with Gasteiger partial charge in [-0.25, -0.2) is 0 Å². The molecule has 0 aliphatic heterocycles. The Morgan fingerprint density at radius 1 is 0.938 bits per heavy atom. The largest absolute Gasteiger partial charge is 0.0990 e. The van der Waals surface area contributed by atoms with E-state index in [4.69, 9.17) is 0 Å². The molecule has 0 N–H and O–H groups in total. The van der Waals surface area contributed by atoms with Crippen LogP contribution in [0, 0.1) is 11.8 Å². The van der Waals surface area contributed by atoms with Crippen LogP contribution < -0.4 is 0 Å². The predicted molar refractivity (Wildman–Crippen MR) is 74.3 cm³/mol. The average molecular weight is 218 g/mol. The maximum atomic E-state index is 3.59. The number of allylic oxidation sites excluding steroid dienone is 3.